The second kappa shape index (κ2) is 16.1. The first-order chi connectivity index (χ1) is 23.2. The van der Waals surface area contributed by atoms with Crippen LogP contribution in [-0.4, -0.2) is 71.4 Å². The molecule has 3 aromatic carbocycles. The van der Waals surface area contributed by atoms with Crippen molar-refractivity contribution in [1.29, 1.82) is 5.41 Å². The van der Waals surface area contributed by atoms with Gasteiger partial charge in [-0.1, -0.05) is 30.7 Å². The van der Waals surface area contributed by atoms with E-state index in [2.05, 4.69) is 10.6 Å². The van der Waals surface area contributed by atoms with Crippen LogP contribution in [0.15, 0.2) is 71.6 Å². The number of ether oxygens (including phenoxy) is 1. The molecule has 4 aromatic rings. The van der Waals surface area contributed by atoms with E-state index in [4.69, 9.17) is 20.9 Å². The van der Waals surface area contributed by atoms with Crippen LogP contribution in [0.1, 0.15) is 55.6 Å². The number of carbonyl (C=O) groups excluding carboxylic acids is 2. The van der Waals surface area contributed by atoms with Crippen LogP contribution in [-0.2, 0) is 43.6 Å². The summed E-state index contributed by atoms with van der Waals surface area (Å²) in [6, 6.07) is 19.0. The molecule has 14 heteroatoms. The highest BCUT2D eigenvalue weighted by Crippen LogP contribution is 2.29. The van der Waals surface area contributed by atoms with Crippen LogP contribution in [0, 0.1) is 12.3 Å². The number of anilines is 1. The lowest BCUT2D eigenvalue weighted by Crippen LogP contribution is -2.54. The molecular formula is C35H44N7O6S-. The molecule has 0 unspecified atom stereocenters. The lowest BCUT2D eigenvalue weighted by atomic mass is 9.89. The van der Waals surface area contributed by atoms with Gasteiger partial charge in [0.15, 0.2) is 0 Å². The maximum Gasteiger partial charge on any atom is 0.319 e. The minimum atomic E-state index is -4.27. The standard InChI is InChI=1S/C28H37N7O3.C7H8O3S/c1-4-15-38-25(36)18-32-28(2,27(37)35-13-5-6-14-35)20-9-12-23-22(16-20)33-24(34(23)3)17-31-21-10-7-19(8-11-21)26(29)30;1-6-2-4-7(5-3-6)11(8,9)10/h7-12,16,31-32H,4-6,13-15,17-18H2,1-3H3,(H3,29,30);2-5H,1H3,(H,8,9,10)/p-1/t28-;/m1./s1. The Balaban J connectivity index is 0.000000418. The second-order valence-electron chi connectivity index (χ2n) is 12.1. The summed E-state index contributed by atoms with van der Waals surface area (Å²) in [5.74, 6) is 0.433. The van der Waals surface area contributed by atoms with E-state index < -0.39 is 15.7 Å². The number of nitrogen functional groups attached to an aromatic ring is 1. The van der Waals surface area contributed by atoms with Crippen molar-refractivity contribution in [3.63, 3.8) is 0 Å². The second-order valence-corrected chi connectivity index (χ2v) is 13.5. The number of carbonyl (C=O) groups is 2. The number of nitrogens with one attached hydrogen (secondary N) is 3. The van der Waals surface area contributed by atoms with Crippen molar-refractivity contribution in [1.82, 2.24) is 19.8 Å². The molecular weight excluding hydrogens is 646 g/mol. The van der Waals surface area contributed by atoms with Crippen LogP contribution in [0.5, 0.6) is 0 Å². The molecule has 262 valence electrons. The molecule has 1 saturated heterocycles. The molecule has 0 spiro atoms. The number of hydrogen-bond acceptors (Lipinski definition) is 10. The van der Waals surface area contributed by atoms with Gasteiger partial charge in [0.1, 0.15) is 27.3 Å². The fourth-order valence-electron chi connectivity index (χ4n) is 5.43. The van der Waals surface area contributed by atoms with Crippen molar-refractivity contribution < 1.29 is 27.3 Å². The van der Waals surface area contributed by atoms with Gasteiger partial charge in [0.2, 0.25) is 5.91 Å². The minimum absolute atomic E-state index is 0.0326. The molecule has 1 aliphatic heterocycles. The first-order valence-corrected chi connectivity index (χ1v) is 17.5. The van der Waals surface area contributed by atoms with E-state index in [1.54, 1.807) is 24.3 Å². The summed E-state index contributed by atoms with van der Waals surface area (Å²) in [6.45, 7) is 7.81. The van der Waals surface area contributed by atoms with Crippen molar-refractivity contribution >= 4 is 44.6 Å². The van der Waals surface area contributed by atoms with Gasteiger partial charge >= 0.3 is 5.97 Å². The zero-order valence-corrected chi connectivity index (χ0v) is 29.1. The van der Waals surface area contributed by atoms with Gasteiger partial charge < -0.3 is 29.8 Å². The predicted molar refractivity (Wildman–Crippen MR) is 187 cm³/mol. The average Bonchev–Trinajstić information content (AvgIpc) is 3.73. The highest BCUT2D eigenvalue weighted by atomic mass is 32.2. The van der Waals surface area contributed by atoms with Crippen molar-refractivity contribution in [2.75, 3.05) is 31.6 Å². The third-order valence-electron chi connectivity index (χ3n) is 8.38. The van der Waals surface area contributed by atoms with Crippen LogP contribution in [0.4, 0.5) is 5.69 Å². The van der Waals surface area contributed by atoms with Gasteiger partial charge in [0.25, 0.3) is 0 Å². The maximum atomic E-state index is 13.7. The zero-order valence-electron chi connectivity index (χ0n) is 28.3. The summed E-state index contributed by atoms with van der Waals surface area (Å²) >= 11 is 0. The smallest absolute Gasteiger partial charge is 0.319 e. The lowest BCUT2D eigenvalue weighted by Gasteiger charge is -2.34. The van der Waals surface area contributed by atoms with Crippen LogP contribution in [0.3, 0.4) is 0 Å². The van der Waals surface area contributed by atoms with Gasteiger partial charge in [-0.25, -0.2) is 13.4 Å². The number of nitrogens with two attached hydrogens (primary N) is 1. The van der Waals surface area contributed by atoms with E-state index in [0.29, 0.717) is 31.8 Å². The van der Waals surface area contributed by atoms with Gasteiger partial charge in [-0.15, -0.1) is 0 Å². The lowest BCUT2D eigenvalue weighted by molar-refractivity contribution is -0.144. The Morgan fingerprint density at radius 3 is 2.31 bits per heavy atom. The Bertz CT molecular complexity index is 1890. The van der Waals surface area contributed by atoms with Crippen LogP contribution in [0.2, 0.25) is 0 Å². The Morgan fingerprint density at radius 1 is 1.06 bits per heavy atom. The molecule has 1 fully saturated rings. The Labute approximate surface area is 287 Å². The minimum Gasteiger partial charge on any atom is -0.744 e. The molecule has 0 saturated carbocycles. The van der Waals surface area contributed by atoms with E-state index in [9.17, 15) is 22.6 Å². The summed E-state index contributed by atoms with van der Waals surface area (Å²) in [6.07, 6.45) is 2.70. The predicted octanol–water partition coefficient (Wildman–Crippen LogP) is 3.75. The number of amidine groups is 1. The molecule has 0 aliphatic carbocycles. The zero-order chi connectivity index (χ0) is 35.8. The number of fused-ring (bicyclic) bond motifs is 1. The molecule has 5 N–H and O–H groups in total. The first kappa shape index (κ1) is 37.0. The number of aromatic nitrogens is 2. The molecule has 1 atom stereocenters. The van der Waals surface area contributed by atoms with Crippen molar-refractivity contribution in [3.8, 4) is 0 Å². The molecule has 13 nitrogen and oxygen atoms in total. The molecule has 1 aliphatic rings. The molecule has 1 aromatic heterocycles. The summed E-state index contributed by atoms with van der Waals surface area (Å²) in [4.78, 5) is 32.5. The SMILES string of the molecule is CCCOC(=O)CN[C@@](C)(C(=O)N1CCCC1)c1ccc2c(c1)nc(CNc1ccc(C(=N)N)cc1)n2C.Cc1ccc(S(=O)(=O)[O-])cc1. The van der Waals surface area contributed by atoms with Crippen molar-refractivity contribution in [2.24, 2.45) is 12.8 Å². The van der Waals surface area contributed by atoms with Gasteiger partial charge in [-0.3, -0.25) is 20.3 Å². The molecule has 1 amide bonds. The third-order valence-corrected chi connectivity index (χ3v) is 9.23. The largest absolute Gasteiger partial charge is 0.744 e. The first-order valence-electron chi connectivity index (χ1n) is 16.1. The van der Waals surface area contributed by atoms with E-state index in [1.807, 2.05) is 67.6 Å². The highest BCUT2D eigenvalue weighted by molar-refractivity contribution is 7.85. The number of aryl methyl sites for hydroxylation is 2. The Morgan fingerprint density at radius 2 is 1.71 bits per heavy atom. The number of amides is 1. The van der Waals surface area contributed by atoms with Crippen molar-refractivity contribution in [2.45, 2.75) is 57.0 Å². The van der Waals surface area contributed by atoms with Gasteiger partial charge in [0.05, 0.1) is 35.6 Å². The van der Waals surface area contributed by atoms with Crippen LogP contribution in [0.25, 0.3) is 11.0 Å². The van der Waals surface area contributed by atoms with Crippen molar-refractivity contribution in [3.05, 3.63) is 89.2 Å². The number of rotatable bonds is 12. The van der Waals surface area contributed by atoms with E-state index in [0.717, 1.165) is 52.9 Å². The van der Waals surface area contributed by atoms with E-state index in [-0.39, 0.29) is 29.2 Å². The quantitative estimate of drug-likeness (QED) is 0.0736. The number of benzene rings is 3. The molecule has 0 radical (unpaired) electrons. The van der Waals surface area contributed by atoms with Gasteiger partial charge in [-0.05, 0) is 87.2 Å². The summed E-state index contributed by atoms with van der Waals surface area (Å²) in [5.41, 5.74) is 9.40. The van der Waals surface area contributed by atoms with Crippen LogP contribution < -0.4 is 16.4 Å². The molecule has 49 heavy (non-hydrogen) atoms. The van der Waals surface area contributed by atoms with E-state index >= 15 is 0 Å². The Kier molecular flexibility index (Phi) is 12.1. The Hall–Kier alpha value is -4.79. The summed E-state index contributed by atoms with van der Waals surface area (Å²) < 4.78 is 38.4. The van der Waals surface area contributed by atoms with E-state index in [1.165, 1.54) is 12.1 Å². The van der Waals surface area contributed by atoms with Gasteiger partial charge in [-0.2, -0.15) is 0 Å². The molecule has 5 rings (SSSR count). The number of likely N-dealkylation sites (tertiary alicyclic amines) is 1. The highest BCUT2D eigenvalue weighted by Gasteiger charge is 2.40. The topological polar surface area (TPSA) is 196 Å². The number of esters is 1. The fraction of sp³-hybridized carbons (Fsp3) is 0.371. The number of hydrogen-bond donors (Lipinski definition) is 4. The number of imidazole rings is 1. The molecule has 2 heterocycles. The number of nitrogens with zero attached hydrogens (tertiary/aromatic N) is 3. The third kappa shape index (κ3) is 9.43. The van der Waals surface area contributed by atoms with Gasteiger partial charge in [0, 0.05) is 31.4 Å². The maximum absolute atomic E-state index is 13.7. The summed E-state index contributed by atoms with van der Waals surface area (Å²) in [7, 11) is -2.31. The fourth-order valence-corrected chi connectivity index (χ4v) is 5.90. The summed E-state index contributed by atoms with van der Waals surface area (Å²) in [5, 5.41) is 14.1. The van der Waals surface area contributed by atoms with Crippen LogP contribution >= 0.6 is 0 Å². The normalized spacial score (nSPS) is 14.1. The molecule has 0 bridgehead atoms. The monoisotopic (exact) mass is 690 g/mol. The average molecular weight is 691 g/mol.